The van der Waals surface area contributed by atoms with E-state index in [4.69, 9.17) is 18.0 Å². The lowest BCUT2D eigenvalue weighted by atomic mass is 10.1. The quantitative estimate of drug-likeness (QED) is 0.702. The summed E-state index contributed by atoms with van der Waals surface area (Å²) < 4.78 is 24.1. The molecule has 132 valence electrons. The molecule has 4 atom stereocenters. The third kappa shape index (κ3) is 7.35. The lowest BCUT2D eigenvalue weighted by Gasteiger charge is -2.33. The van der Waals surface area contributed by atoms with Crippen LogP contribution in [0.3, 0.4) is 0 Å². The van der Waals surface area contributed by atoms with Crippen LogP contribution in [0.4, 0.5) is 0 Å². The maximum absolute atomic E-state index is 10.3. The Balaban J connectivity index is 2.87. The number of aliphatic hydroxyl groups excluding tert-OH is 1. The van der Waals surface area contributed by atoms with Crippen LogP contribution in [-0.4, -0.2) is 61.3 Å². The Morgan fingerprint density at radius 3 is 1.64 bits per heavy atom. The molecule has 0 amide bonds. The molecule has 1 N–H and O–H groups in total. The Hall–Kier alpha value is 0.451. The fourth-order valence-electron chi connectivity index (χ4n) is 2.26. The predicted octanol–water partition coefficient (Wildman–Crippen LogP) is 3.00. The normalized spacial score (nSPS) is 30.8. The summed E-state index contributed by atoms with van der Waals surface area (Å²) in [5.41, 5.74) is 0. The molecule has 0 saturated carbocycles. The first-order chi connectivity index (χ1) is 9.68. The molecule has 1 fully saturated rings. The van der Waals surface area contributed by atoms with Crippen LogP contribution >= 0.6 is 0 Å². The van der Waals surface area contributed by atoms with E-state index in [-0.39, 0.29) is 12.2 Å². The Bertz CT molecular complexity index is 359. The molecule has 22 heavy (non-hydrogen) atoms. The van der Waals surface area contributed by atoms with Gasteiger partial charge in [-0.3, -0.25) is 0 Å². The molecule has 1 aliphatic heterocycles. The van der Waals surface area contributed by atoms with E-state index in [9.17, 15) is 5.11 Å². The van der Waals surface area contributed by atoms with Gasteiger partial charge in [0, 0.05) is 0 Å². The molecule has 0 bridgehead atoms. The van der Waals surface area contributed by atoms with Crippen LogP contribution < -0.4 is 0 Å². The fourth-order valence-corrected chi connectivity index (χ4v) is 5.09. The first kappa shape index (κ1) is 20.5. The highest BCUT2D eigenvalue weighted by molar-refractivity contribution is 6.70. The second-order valence-corrected chi connectivity index (χ2v) is 22.3. The Labute approximate surface area is 138 Å². The summed E-state index contributed by atoms with van der Waals surface area (Å²) in [4.78, 5) is 0. The van der Waals surface area contributed by atoms with E-state index in [0.717, 1.165) is 0 Å². The van der Waals surface area contributed by atoms with Crippen LogP contribution in [0.25, 0.3) is 0 Å². The molecule has 0 aliphatic carbocycles. The summed E-state index contributed by atoms with van der Waals surface area (Å²) in [6.45, 7) is 19.6. The first-order valence-electron chi connectivity index (χ1n) is 8.01. The van der Waals surface area contributed by atoms with Crippen molar-refractivity contribution in [2.75, 3.05) is 6.61 Å². The minimum atomic E-state index is -1.81. The average molecular weight is 367 g/mol. The zero-order valence-electron chi connectivity index (χ0n) is 15.6. The van der Waals surface area contributed by atoms with Crippen molar-refractivity contribution in [2.45, 2.75) is 83.5 Å². The highest BCUT2D eigenvalue weighted by atomic mass is 28.4. The van der Waals surface area contributed by atoms with Gasteiger partial charge in [0.1, 0.15) is 18.3 Å². The molecular formula is C14H34O5Si3. The van der Waals surface area contributed by atoms with Gasteiger partial charge in [-0.2, -0.15) is 0 Å². The Morgan fingerprint density at radius 2 is 1.23 bits per heavy atom. The molecule has 5 nitrogen and oxygen atoms in total. The first-order valence-corrected chi connectivity index (χ1v) is 18.2. The van der Waals surface area contributed by atoms with Crippen LogP contribution in [-0.2, 0) is 18.0 Å². The summed E-state index contributed by atoms with van der Waals surface area (Å²) in [5.74, 6) is 0. The minimum absolute atomic E-state index is 0.259. The highest BCUT2D eigenvalue weighted by Crippen LogP contribution is 2.30. The minimum Gasteiger partial charge on any atom is -0.415 e. The molecule has 8 heteroatoms. The molecule has 0 aromatic heterocycles. The summed E-state index contributed by atoms with van der Waals surface area (Å²) in [6.07, 6.45) is -1.89. The van der Waals surface area contributed by atoms with E-state index in [0.29, 0.717) is 6.61 Å². The van der Waals surface area contributed by atoms with Crippen molar-refractivity contribution in [3.63, 3.8) is 0 Å². The van der Waals surface area contributed by atoms with Gasteiger partial charge in [-0.05, 0) is 58.9 Å². The standard InChI is InChI=1S/C14H34O5Si3/c1-20(2,3)16-10-11-12(18-21(4,5)6)13(14(15)17-11)19-22(7,8)9/h11-15H,10H2,1-9H3/t11-,12-,13+,14-/m0/s1. The topological polar surface area (TPSA) is 57.2 Å². The molecule has 1 saturated heterocycles. The van der Waals surface area contributed by atoms with Crippen molar-refractivity contribution in [1.29, 1.82) is 0 Å². The van der Waals surface area contributed by atoms with Gasteiger partial charge in [0.15, 0.2) is 31.2 Å². The van der Waals surface area contributed by atoms with E-state index >= 15 is 0 Å². The number of ether oxygens (including phenoxy) is 1. The van der Waals surface area contributed by atoms with Crippen LogP contribution in [0.5, 0.6) is 0 Å². The third-order valence-electron chi connectivity index (χ3n) is 2.95. The monoisotopic (exact) mass is 366 g/mol. The molecule has 0 aromatic carbocycles. The summed E-state index contributed by atoms with van der Waals surface area (Å²) >= 11 is 0. The summed E-state index contributed by atoms with van der Waals surface area (Å²) in [5, 5.41) is 10.3. The Morgan fingerprint density at radius 1 is 0.773 bits per heavy atom. The molecule has 0 radical (unpaired) electrons. The second-order valence-electron chi connectivity index (χ2n) is 8.88. The SMILES string of the molecule is C[Si](C)(C)OC[C@@H]1O[C@H](O)[C@H](O[Si](C)(C)C)[C@H]1O[Si](C)(C)C. The second kappa shape index (κ2) is 7.14. The van der Waals surface area contributed by atoms with Gasteiger partial charge in [-0.1, -0.05) is 0 Å². The average Bonchev–Trinajstić information content (AvgIpc) is 2.49. The lowest BCUT2D eigenvalue weighted by molar-refractivity contribution is -0.128. The van der Waals surface area contributed by atoms with Crippen molar-refractivity contribution >= 4 is 25.0 Å². The van der Waals surface area contributed by atoms with Crippen LogP contribution in [0.1, 0.15) is 0 Å². The highest BCUT2D eigenvalue weighted by Gasteiger charge is 2.48. The van der Waals surface area contributed by atoms with Crippen LogP contribution in [0, 0.1) is 0 Å². The molecule has 0 aromatic rings. The zero-order valence-corrected chi connectivity index (χ0v) is 18.6. The molecule has 1 rings (SSSR count). The van der Waals surface area contributed by atoms with Crippen molar-refractivity contribution in [1.82, 2.24) is 0 Å². The van der Waals surface area contributed by atoms with Gasteiger partial charge in [0.25, 0.3) is 0 Å². The van der Waals surface area contributed by atoms with Gasteiger partial charge in [0.05, 0.1) is 6.61 Å². The van der Waals surface area contributed by atoms with E-state index in [1.807, 2.05) is 0 Å². The number of hydrogen-bond donors (Lipinski definition) is 1. The molecular weight excluding hydrogens is 332 g/mol. The van der Waals surface area contributed by atoms with E-state index in [2.05, 4.69) is 58.9 Å². The third-order valence-corrected chi connectivity index (χ3v) is 5.94. The predicted molar refractivity (Wildman–Crippen MR) is 96.6 cm³/mol. The van der Waals surface area contributed by atoms with Gasteiger partial charge in [-0.25, -0.2) is 0 Å². The van der Waals surface area contributed by atoms with E-state index in [1.165, 1.54) is 0 Å². The van der Waals surface area contributed by atoms with Crippen LogP contribution in [0.15, 0.2) is 0 Å². The molecule has 0 unspecified atom stereocenters. The maximum Gasteiger partial charge on any atom is 0.184 e. The van der Waals surface area contributed by atoms with E-state index in [1.54, 1.807) is 0 Å². The van der Waals surface area contributed by atoms with Crippen LogP contribution in [0.2, 0.25) is 58.9 Å². The smallest absolute Gasteiger partial charge is 0.184 e. The number of aliphatic hydroxyl groups is 1. The zero-order chi connectivity index (χ0) is 17.3. The number of rotatable bonds is 7. The maximum atomic E-state index is 10.3. The van der Waals surface area contributed by atoms with Gasteiger partial charge in [-0.15, -0.1) is 0 Å². The van der Waals surface area contributed by atoms with Crippen molar-refractivity contribution in [3.8, 4) is 0 Å². The summed E-state index contributed by atoms with van der Waals surface area (Å²) in [7, 11) is -5.23. The molecule has 1 heterocycles. The van der Waals surface area contributed by atoms with Gasteiger partial charge >= 0.3 is 0 Å². The molecule has 1 aliphatic rings. The van der Waals surface area contributed by atoms with Crippen molar-refractivity contribution in [2.24, 2.45) is 0 Å². The van der Waals surface area contributed by atoms with Gasteiger partial charge in [0.2, 0.25) is 0 Å². The molecule has 0 spiro atoms. The number of hydrogen-bond acceptors (Lipinski definition) is 5. The lowest BCUT2D eigenvalue weighted by Crippen LogP contribution is -2.49. The fraction of sp³-hybridized carbons (Fsp3) is 1.00. The summed E-state index contributed by atoms with van der Waals surface area (Å²) in [6, 6.07) is 0. The Kier molecular flexibility index (Phi) is 6.65. The van der Waals surface area contributed by atoms with Crippen molar-refractivity contribution in [3.05, 3.63) is 0 Å². The largest absolute Gasteiger partial charge is 0.415 e. The van der Waals surface area contributed by atoms with Crippen molar-refractivity contribution < 1.29 is 23.1 Å². The van der Waals surface area contributed by atoms with Gasteiger partial charge < -0.3 is 23.1 Å². The van der Waals surface area contributed by atoms with E-state index < -0.39 is 37.3 Å².